The number of hydrogen-bond acceptors (Lipinski definition) is 4. The lowest BCUT2D eigenvalue weighted by Crippen LogP contribution is -2.42. The second kappa shape index (κ2) is 7.70. The van der Waals surface area contributed by atoms with E-state index in [9.17, 15) is 8.42 Å². The van der Waals surface area contributed by atoms with Crippen LogP contribution in [0, 0.1) is 0 Å². The Morgan fingerprint density at radius 1 is 1.45 bits per heavy atom. The topological polar surface area (TPSA) is 62.3 Å². The van der Waals surface area contributed by atoms with Crippen LogP contribution in [0.25, 0.3) is 0 Å². The van der Waals surface area contributed by atoms with Gasteiger partial charge in [0.05, 0.1) is 0 Å². The summed E-state index contributed by atoms with van der Waals surface area (Å²) in [7, 11) is -3.66. The van der Waals surface area contributed by atoms with Crippen molar-refractivity contribution >= 4 is 37.6 Å². The zero-order valence-electron chi connectivity index (χ0n) is 11.7. The summed E-state index contributed by atoms with van der Waals surface area (Å²) >= 11 is 9.04. The van der Waals surface area contributed by atoms with Crippen molar-refractivity contribution in [2.75, 3.05) is 19.6 Å². The van der Waals surface area contributed by atoms with Crippen LogP contribution >= 0.6 is 27.5 Å². The zero-order valence-corrected chi connectivity index (χ0v) is 14.9. The molecule has 0 aromatic carbocycles. The number of rotatable bonds is 7. The van der Waals surface area contributed by atoms with E-state index in [1.54, 1.807) is 0 Å². The fourth-order valence-electron chi connectivity index (χ4n) is 1.88. The molecule has 1 rings (SSSR count). The van der Waals surface area contributed by atoms with Gasteiger partial charge in [0.2, 0.25) is 10.0 Å². The van der Waals surface area contributed by atoms with Crippen LogP contribution in [0.3, 0.4) is 0 Å². The summed E-state index contributed by atoms with van der Waals surface area (Å²) in [5, 5.41) is -0.0313. The Kier molecular flexibility index (Phi) is 6.87. The van der Waals surface area contributed by atoms with E-state index in [0.29, 0.717) is 11.0 Å². The molecule has 0 saturated carbocycles. The van der Waals surface area contributed by atoms with Crippen molar-refractivity contribution in [1.29, 1.82) is 0 Å². The minimum absolute atomic E-state index is 0.0136. The molecule has 0 aliphatic carbocycles. The highest BCUT2D eigenvalue weighted by Crippen LogP contribution is 2.22. The molecule has 1 heterocycles. The van der Waals surface area contributed by atoms with Crippen molar-refractivity contribution in [1.82, 2.24) is 14.6 Å². The Bertz CT molecular complexity index is 550. The number of sulfonamides is 1. The van der Waals surface area contributed by atoms with Crippen LogP contribution in [0.2, 0.25) is 5.15 Å². The van der Waals surface area contributed by atoms with Crippen LogP contribution in [0.4, 0.5) is 0 Å². The average Bonchev–Trinajstić information content (AvgIpc) is 2.40. The zero-order chi connectivity index (χ0) is 15.3. The van der Waals surface area contributed by atoms with Gasteiger partial charge in [-0.2, -0.15) is 0 Å². The van der Waals surface area contributed by atoms with Crippen molar-refractivity contribution in [2.45, 2.75) is 31.7 Å². The number of halogens is 2. The van der Waals surface area contributed by atoms with E-state index in [2.05, 4.69) is 30.5 Å². The fourth-order valence-corrected chi connectivity index (χ4v) is 3.94. The van der Waals surface area contributed by atoms with Crippen molar-refractivity contribution < 1.29 is 8.42 Å². The van der Waals surface area contributed by atoms with E-state index in [0.717, 1.165) is 13.1 Å². The number of aromatic nitrogens is 1. The summed E-state index contributed by atoms with van der Waals surface area (Å²) in [6, 6.07) is 1.55. The molecule has 1 N–H and O–H groups in total. The van der Waals surface area contributed by atoms with Crippen molar-refractivity contribution in [3.05, 3.63) is 21.9 Å². The van der Waals surface area contributed by atoms with Crippen LogP contribution in [-0.4, -0.2) is 44.0 Å². The van der Waals surface area contributed by atoms with Gasteiger partial charge in [0.25, 0.3) is 0 Å². The third-order valence-electron chi connectivity index (χ3n) is 3.07. The lowest BCUT2D eigenvalue weighted by atomic mass is 10.3. The molecule has 1 atom stereocenters. The number of nitrogens with one attached hydrogen (secondary N) is 1. The molecule has 0 amide bonds. The molecule has 0 fully saturated rings. The molecule has 0 aliphatic heterocycles. The molecular weight excluding hydrogens is 366 g/mol. The Morgan fingerprint density at radius 2 is 2.05 bits per heavy atom. The summed E-state index contributed by atoms with van der Waals surface area (Å²) in [4.78, 5) is 5.98. The summed E-state index contributed by atoms with van der Waals surface area (Å²) < 4.78 is 27.6. The highest BCUT2D eigenvalue weighted by molar-refractivity contribution is 9.10. The standard InChI is InChI=1S/C12H19BrClN3O2S/c1-4-17(5-2)9(3)7-16-20(18,19)11-6-10(13)8-15-12(11)14/h6,8-9,16H,4-5,7H2,1-3H3/t9-/m1/s1. The summed E-state index contributed by atoms with van der Waals surface area (Å²) in [5.74, 6) is 0. The van der Waals surface area contributed by atoms with Crippen LogP contribution in [0.15, 0.2) is 21.6 Å². The van der Waals surface area contributed by atoms with E-state index in [1.165, 1.54) is 12.3 Å². The molecule has 8 heteroatoms. The van der Waals surface area contributed by atoms with Gasteiger partial charge in [0, 0.05) is 23.3 Å². The SMILES string of the molecule is CCN(CC)[C@H](C)CNS(=O)(=O)c1cc(Br)cnc1Cl. The van der Waals surface area contributed by atoms with Gasteiger partial charge in [-0.25, -0.2) is 18.1 Å². The van der Waals surface area contributed by atoms with Gasteiger partial charge in [-0.1, -0.05) is 25.4 Å². The second-order valence-electron chi connectivity index (χ2n) is 4.36. The first-order chi connectivity index (χ1) is 9.31. The number of pyridine rings is 1. The summed E-state index contributed by atoms with van der Waals surface area (Å²) in [5.41, 5.74) is 0. The predicted octanol–water partition coefficient (Wildman–Crippen LogP) is 2.51. The molecule has 0 unspecified atom stereocenters. The number of likely N-dealkylation sites (N-methyl/N-ethyl adjacent to an activating group) is 1. The molecule has 0 bridgehead atoms. The fraction of sp³-hybridized carbons (Fsp3) is 0.583. The van der Waals surface area contributed by atoms with E-state index in [4.69, 9.17) is 11.6 Å². The Balaban J connectivity index is 2.83. The number of nitrogens with zero attached hydrogens (tertiary/aromatic N) is 2. The molecule has 20 heavy (non-hydrogen) atoms. The van der Waals surface area contributed by atoms with Gasteiger partial charge in [0.1, 0.15) is 10.0 Å². The van der Waals surface area contributed by atoms with E-state index < -0.39 is 10.0 Å². The smallest absolute Gasteiger partial charge is 0.243 e. The third-order valence-corrected chi connectivity index (χ3v) is 5.35. The highest BCUT2D eigenvalue weighted by atomic mass is 79.9. The normalized spacial score (nSPS) is 13.7. The molecule has 5 nitrogen and oxygen atoms in total. The average molecular weight is 385 g/mol. The first kappa shape index (κ1) is 17.8. The molecule has 1 aromatic rings. The number of hydrogen-bond donors (Lipinski definition) is 1. The maximum absolute atomic E-state index is 12.2. The lowest BCUT2D eigenvalue weighted by molar-refractivity contribution is 0.232. The predicted molar refractivity (Wildman–Crippen MR) is 84.5 cm³/mol. The maximum atomic E-state index is 12.2. The highest BCUT2D eigenvalue weighted by Gasteiger charge is 2.21. The molecule has 0 saturated heterocycles. The van der Waals surface area contributed by atoms with E-state index in [1.807, 2.05) is 20.8 Å². The largest absolute Gasteiger partial charge is 0.300 e. The van der Waals surface area contributed by atoms with Crippen LogP contribution in [0.1, 0.15) is 20.8 Å². The Hall–Kier alpha value is -0.210. The summed E-state index contributed by atoms with van der Waals surface area (Å²) in [6.07, 6.45) is 1.46. The molecule has 1 aromatic heterocycles. The van der Waals surface area contributed by atoms with Gasteiger partial charge in [-0.15, -0.1) is 0 Å². The van der Waals surface area contributed by atoms with Gasteiger partial charge >= 0.3 is 0 Å². The van der Waals surface area contributed by atoms with Crippen molar-refractivity contribution in [3.8, 4) is 0 Å². The molecular formula is C12H19BrClN3O2S. The minimum Gasteiger partial charge on any atom is -0.300 e. The maximum Gasteiger partial charge on any atom is 0.243 e. The van der Waals surface area contributed by atoms with E-state index >= 15 is 0 Å². The van der Waals surface area contributed by atoms with Gasteiger partial charge in [-0.05, 0) is 42.0 Å². The van der Waals surface area contributed by atoms with Crippen LogP contribution < -0.4 is 4.72 Å². The molecule has 0 radical (unpaired) electrons. The van der Waals surface area contributed by atoms with Crippen LogP contribution in [0.5, 0.6) is 0 Å². The minimum atomic E-state index is -3.66. The molecule has 0 aliphatic rings. The molecule has 114 valence electrons. The first-order valence-corrected chi connectivity index (χ1v) is 9.02. The van der Waals surface area contributed by atoms with E-state index in [-0.39, 0.29) is 16.1 Å². The second-order valence-corrected chi connectivity index (χ2v) is 7.37. The van der Waals surface area contributed by atoms with Gasteiger partial charge in [0.15, 0.2) is 0 Å². The van der Waals surface area contributed by atoms with Crippen molar-refractivity contribution in [3.63, 3.8) is 0 Å². The quantitative estimate of drug-likeness (QED) is 0.734. The summed E-state index contributed by atoms with van der Waals surface area (Å²) in [6.45, 7) is 8.15. The monoisotopic (exact) mass is 383 g/mol. The first-order valence-electron chi connectivity index (χ1n) is 6.36. The third kappa shape index (κ3) is 4.66. The lowest BCUT2D eigenvalue weighted by Gasteiger charge is -2.26. The Labute approximate surface area is 133 Å². The van der Waals surface area contributed by atoms with Gasteiger partial charge < -0.3 is 0 Å². The van der Waals surface area contributed by atoms with Crippen molar-refractivity contribution in [2.24, 2.45) is 0 Å². The van der Waals surface area contributed by atoms with Crippen LogP contribution in [-0.2, 0) is 10.0 Å². The van der Waals surface area contributed by atoms with Gasteiger partial charge in [-0.3, -0.25) is 4.90 Å². The molecule has 0 spiro atoms. The Morgan fingerprint density at radius 3 is 2.60 bits per heavy atom.